The van der Waals surface area contributed by atoms with Crippen molar-refractivity contribution in [3.05, 3.63) is 64.9 Å². The van der Waals surface area contributed by atoms with E-state index in [1.54, 1.807) is 0 Å². The van der Waals surface area contributed by atoms with Crippen LogP contribution in [-0.2, 0) is 29.0 Å². The van der Waals surface area contributed by atoms with E-state index in [1.807, 2.05) is 58.0 Å². The van der Waals surface area contributed by atoms with E-state index >= 15 is 0 Å². The number of oxazole rings is 1. The predicted octanol–water partition coefficient (Wildman–Crippen LogP) is 6.10. The highest BCUT2D eigenvalue weighted by Crippen LogP contribution is 2.31. The van der Waals surface area contributed by atoms with Gasteiger partial charge >= 0.3 is 5.97 Å². The van der Waals surface area contributed by atoms with Crippen molar-refractivity contribution in [1.29, 1.82) is 0 Å². The van der Waals surface area contributed by atoms with E-state index in [-0.39, 0.29) is 18.0 Å². The molecule has 4 rings (SSSR count). The molecule has 2 heterocycles. The van der Waals surface area contributed by atoms with Crippen LogP contribution in [0.5, 0.6) is 5.75 Å². The Labute approximate surface area is 244 Å². The third-order valence-corrected chi connectivity index (χ3v) is 6.70. The van der Waals surface area contributed by atoms with Crippen molar-refractivity contribution in [3.63, 3.8) is 0 Å². The van der Waals surface area contributed by atoms with Crippen LogP contribution < -0.4 is 10.5 Å². The molecule has 1 aromatic carbocycles. The summed E-state index contributed by atoms with van der Waals surface area (Å²) in [6.07, 6.45) is 12.7. The summed E-state index contributed by atoms with van der Waals surface area (Å²) < 4.78 is 11.7. The Morgan fingerprint density at radius 2 is 1.95 bits per heavy atom. The number of aliphatic carboxylic acids is 1. The highest BCUT2D eigenvalue weighted by Gasteiger charge is 2.34. The second-order valence-corrected chi connectivity index (χ2v) is 12.5. The topological polar surface area (TPSA) is 119 Å². The van der Waals surface area contributed by atoms with Crippen molar-refractivity contribution >= 4 is 18.0 Å². The van der Waals surface area contributed by atoms with Gasteiger partial charge < -0.3 is 24.9 Å². The van der Waals surface area contributed by atoms with Gasteiger partial charge in [0.1, 0.15) is 17.6 Å². The predicted molar refractivity (Wildman–Crippen MR) is 161 cm³/mol. The fourth-order valence-corrected chi connectivity index (χ4v) is 4.34. The van der Waals surface area contributed by atoms with Gasteiger partial charge in [-0.1, -0.05) is 32.1 Å². The van der Waals surface area contributed by atoms with Gasteiger partial charge in [0.15, 0.2) is 0 Å². The quantitative estimate of drug-likeness (QED) is 0.316. The Morgan fingerprint density at radius 1 is 1.24 bits per heavy atom. The fraction of sp³-hybridized carbons (Fsp3) is 0.545. The zero-order valence-electron chi connectivity index (χ0n) is 25.5. The fourth-order valence-electron chi connectivity index (χ4n) is 4.34. The number of aryl methyl sites for hydroxylation is 1. The summed E-state index contributed by atoms with van der Waals surface area (Å²) in [6, 6.07) is 4.82. The lowest BCUT2D eigenvalue weighted by Crippen LogP contribution is -2.48. The maximum absolute atomic E-state index is 12.7. The number of benzene rings is 1. The second-order valence-electron chi connectivity index (χ2n) is 12.5. The van der Waals surface area contributed by atoms with Crippen LogP contribution in [0, 0.1) is 18.8 Å². The normalized spacial score (nSPS) is 17.1. The highest BCUT2D eigenvalue weighted by atomic mass is 16.5. The lowest BCUT2D eigenvalue weighted by Gasteiger charge is -2.34. The van der Waals surface area contributed by atoms with E-state index in [1.165, 1.54) is 11.0 Å². The molecule has 1 amide bonds. The van der Waals surface area contributed by atoms with Gasteiger partial charge in [0.05, 0.1) is 12.3 Å². The molecule has 0 spiro atoms. The summed E-state index contributed by atoms with van der Waals surface area (Å²) in [6.45, 7) is 12.9. The van der Waals surface area contributed by atoms with Crippen LogP contribution >= 0.6 is 0 Å². The second kappa shape index (κ2) is 14.5. The lowest BCUT2D eigenvalue weighted by atomic mass is 9.93. The number of allylic oxidation sites excluding steroid dienone is 2. The molecule has 224 valence electrons. The Morgan fingerprint density at radius 3 is 2.59 bits per heavy atom. The average Bonchev–Trinajstić information content (AvgIpc) is 3.65. The third-order valence-electron chi connectivity index (χ3n) is 6.70. The summed E-state index contributed by atoms with van der Waals surface area (Å²) in [5.74, 6) is 2.00. The number of hydrogen-bond acceptors (Lipinski definition) is 6. The SMILES string of the molecule is CC(C)(C)N.Cc1oc(/C=C/CCC(C)C)nc1CCOc1ccc2c(c1)CN(C(=O)/C=C/C1CC1)[C@H](C(=O)O)C2. The number of carbonyl (C=O) groups is 2. The molecule has 1 saturated carbocycles. The molecule has 0 bridgehead atoms. The number of amides is 1. The molecule has 1 aromatic heterocycles. The maximum atomic E-state index is 12.7. The molecule has 0 radical (unpaired) electrons. The lowest BCUT2D eigenvalue weighted by molar-refractivity contribution is -0.149. The first kappa shape index (κ1) is 32.1. The van der Waals surface area contributed by atoms with Gasteiger partial charge in [-0.3, -0.25) is 4.79 Å². The van der Waals surface area contributed by atoms with E-state index in [2.05, 4.69) is 24.9 Å². The minimum absolute atomic E-state index is 0. The molecule has 1 fully saturated rings. The summed E-state index contributed by atoms with van der Waals surface area (Å²) >= 11 is 0. The number of nitrogens with zero attached hydrogens (tertiary/aromatic N) is 2. The Hall–Kier alpha value is -3.39. The standard InChI is InChI=1S/C29H36N2O5.C4H11N/c1-19(2)6-4-5-7-27-30-25(20(3)36-27)14-15-35-24-12-11-22-17-26(29(33)34)31(18-23(22)16-24)28(32)13-10-21-8-9-21;1-4(2,3)5/h5,7,10-13,16,19,21,26H,4,6,8-9,14-15,17-18H2,1-3H3,(H,33,34);5H2,1-3H3/b7-5+,13-10+;/t26-;/m0./s1. The molecule has 1 atom stereocenters. The first-order chi connectivity index (χ1) is 19.3. The third kappa shape index (κ3) is 11.2. The van der Waals surface area contributed by atoms with Crippen molar-refractivity contribution in [2.75, 3.05) is 6.61 Å². The number of aromatic nitrogens is 1. The summed E-state index contributed by atoms with van der Waals surface area (Å²) in [5, 5.41) is 9.70. The van der Waals surface area contributed by atoms with Crippen LogP contribution in [0.25, 0.3) is 6.08 Å². The van der Waals surface area contributed by atoms with Crippen molar-refractivity contribution < 1.29 is 23.8 Å². The van der Waals surface area contributed by atoms with Crippen molar-refractivity contribution in [1.82, 2.24) is 9.88 Å². The summed E-state index contributed by atoms with van der Waals surface area (Å²) in [5.41, 5.74) is 8.09. The first-order valence-electron chi connectivity index (χ1n) is 14.7. The molecule has 3 N–H and O–H groups in total. The zero-order chi connectivity index (χ0) is 30.2. The van der Waals surface area contributed by atoms with Crippen LogP contribution in [0.2, 0.25) is 0 Å². The Bertz CT molecular complexity index is 1230. The van der Waals surface area contributed by atoms with Crippen molar-refractivity contribution in [2.24, 2.45) is 17.6 Å². The van der Waals surface area contributed by atoms with Crippen LogP contribution in [0.15, 0.2) is 40.8 Å². The number of carboxylic acids is 1. The van der Waals surface area contributed by atoms with E-state index in [4.69, 9.17) is 14.9 Å². The molecular weight excluding hydrogens is 518 g/mol. The number of rotatable bonds is 11. The molecule has 8 nitrogen and oxygen atoms in total. The first-order valence-corrected chi connectivity index (χ1v) is 14.7. The van der Waals surface area contributed by atoms with Crippen molar-refractivity contribution in [2.45, 2.75) is 98.2 Å². The van der Waals surface area contributed by atoms with Crippen LogP contribution in [0.4, 0.5) is 0 Å². The van der Waals surface area contributed by atoms with Gasteiger partial charge in [0, 0.05) is 24.9 Å². The van der Waals surface area contributed by atoms with Gasteiger partial charge in [0.2, 0.25) is 11.8 Å². The van der Waals surface area contributed by atoms with Gasteiger partial charge in [-0.05, 0) is 101 Å². The summed E-state index contributed by atoms with van der Waals surface area (Å²) in [4.78, 5) is 30.6. The Balaban J connectivity index is 0.000000850. The largest absolute Gasteiger partial charge is 0.493 e. The van der Waals surface area contributed by atoms with E-state index in [9.17, 15) is 14.7 Å². The smallest absolute Gasteiger partial charge is 0.326 e. The monoisotopic (exact) mass is 565 g/mol. The van der Waals surface area contributed by atoms with Gasteiger partial charge in [-0.25, -0.2) is 9.78 Å². The molecular formula is C33H47N3O5. The number of nitrogens with two attached hydrogens (primary N) is 1. The van der Waals surface area contributed by atoms with Crippen LogP contribution in [0.3, 0.4) is 0 Å². The molecule has 2 aromatic rings. The van der Waals surface area contributed by atoms with Crippen molar-refractivity contribution in [3.8, 4) is 5.75 Å². The molecule has 2 aliphatic rings. The molecule has 0 saturated heterocycles. The van der Waals surface area contributed by atoms with Gasteiger partial charge in [-0.2, -0.15) is 0 Å². The van der Waals surface area contributed by atoms with Crippen LogP contribution in [-0.4, -0.2) is 45.1 Å². The molecule has 1 aliphatic heterocycles. The molecule has 8 heteroatoms. The molecule has 1 aliphatic carbocycles. The highest BCUT2D eigenvalue weighted by molar-refractivity contribution is 5.91. The van der Waals surface area contributed by atoms with Crippen LogP contribution in [0.1, 0.15) is 88.8 Å². The minimum Gasteiger partial charge on any atom is -0.493 e. The van der Waals surface area contributed by atoms with Gasteiger partial charge in [0.25, 0.3) is 0 Å². The Kier molecular flexibility index (Phi) is 11.4. The maximum Gasteiger partial charge on any atom is 0.326 e. The number of carbonyl (C=O) groups excluding carboxylic acids is 1. The van der Waals surface area contributed by atoms with E-state index < -0.39 is 12.0 Å². The minimum atomic E-state index is -0.980. The van der Waals surface area contributed by atoms with E-state index in [0.717, 1.165) is 48.3 Å². The average molecular weight is 566 g/mol. The number of carboxylic acid groups (broad SMARTS) is 1. The van der Waals surface area contributed by atoms with Gasteiger partial charge in [-0.15, -0.1) is 0 Å². The molecule has 0 unspecified atom stereocenters. The number of hydrogen-bond donors (Lipinski definition) is 2. The van der Waals surface area contributed by atoms with E-state index in [0.29, 0.717) is 42.9 Å². The number of fused-ring (bicyclic) bond motifs is 1. The number of ether oxygens (including phenoxy) is 1. The zero-order valence-corrected chi connectivity index (χ0v) is 25.5. The molecule has 41 heavy (non-hydrogen) atoms. The summed E-state index contributed by atoms with van der Waals surface area (Å²) in [7, 11) is 0.